The molecular formula is C28H28N2O5. The number of nitrogens with one attached hydrogen (secondary N) is 1. The van der Waals surface area contributed by atoms with E-state index in [2.05, 4.69) is 17.4 Å². The van der Waals surface area contributed by atoms with E-state index in [-0.39, 0.29) is 24.9 Å². The lowest BCUT2D eigenvalue weighted by Crippen LogP contribution is -2.44. The van der Waals surface area contributed by atoms with E-state index in [1.54, 1.807) is 12.1 Å². The molecule has 0 radical (unpaired) electrons. The van der Waals surface area contributed by atoms with Gasteiger partial charge in [0, 0.05) is 32.9 Å². The normalized spacial score (nSPS) is 12.9. The highest BCUT2D eigenvalue weighted by Gasteiger charge is 2.32. The smallest absolute Gasteiger partial charge is 0.410 e. The van der Waals surface area contributed by atoms with Crippen molar-refractivity contribution in [3.8, 4) is 11.1 Å². The highest BCUT2D eigenvalue weighted by Crippen LogP contribution is 2.44. The summed E-state index contributed by atoms with van der Waals surface area (Å²) in [5, 5.41) is 12.6. The third kappa shape index (κ3) is 5.35. The Morgan fingerprint density at radius 3 is 2.14 bits per heavy atom. The fraction of sp³-hybridized carbons (Fsp3) is 0.250. The van der Waals surface area contributed by atoms with E-state index in [1.165, 1.54) is 14.0 Å². The summed E-state index contributed by atoms with van der Waals surface area (Å²) in [5.74, 6) is -1.37. The first-order valence-corrected chi connectivity index (χ1v) is 11.5. The summed E-state index contributed by atoms with van der Waals surface area (Å²) < 4.78 is 5.64. The molecule has 1 aliphatic rings. The first-order chi connectivity index (χ1) is 16.8. The second-order valence-electron chi connectivity index (χ2n) is 8.70. The molecule has 1 unspecified atom stereocenters. The van der Waals surface area contributed by atoms with Crippen LogP contribution in [0.25, 0.3) is 11.1 Å². The van der Waals surface area contributed by atoms with Crippen molar-refractivity contribution in [1.82, 2.24) is 10.2 Å². The second-order valence-corrected chi connectivity index (χ2v) is 8.70. The molecule has 0 spiro atoms. The van der Waals surface area contributed by atoms with Gasteiger partial charge in [-0.2, -0.15) is 0 Å². The van der Waals surface area contributed by atoms with Crippen LogP contribution in [0.4, 0.5) is 4.79 Å². The number of benzene rings is 3. The van der Waals surface area contributed by atoms with Crippen molar-refractivity contribution in [2.75, 3.05) is 13.7 Å². The standard InChI is InChI=1S/C28H28N2O5/c1-18(31)29-16-20-9-7-8-19(14-20)15-26(27(32)33)30(2)28(34)35-17-25-23-12-5-3-10-21(23)22-11-4-6-13-24(22)25/h3-14,25-26H,15-17H2,1-2H3,(H,29,31)(H,32,33). The van der Waals surface area contributed by atoms with Crippen LogP contribution >= 0.6 is 0 Å². The third-order valence-electron chi connectivity index (χ3n) is 6.34. The van der Waals surface area contributed by atoms with Crippen LogP contribution in [-0.2, 0) is 27.3 Å². The molecule has 2 N–H and O–H groups in total. The average molecular weight is 473 g/mol. The molecule has 180 valence electrons. The van der Waals surface area contributed by atoms with Gasteiger partial charge in [0.25, 0.3) is 0 Å². The maximum absolute atomic E-state index is 12.9. The van der Waals surface area contributed by atoms with Crippen LogP contribution in [0.15, 0.2) is 72.8 Å². The number of carbonyl (C=O) groups excluding carboxylic acids is 2. The second kappa shape index (κ2) is 10.4. The summed E-state index contributed by atoms with van der Waals surface area (Å²) in [6, 6.07) is 22.3. The molecule has 1 aliphatic carbocycles. The number of hydrogen-bond acceptors (Lipinski definition) is 4. The summed E-state index contributed by atoms with van der Waals surface area (Å²) in [7, 11) is 1.44. The van der Waals surface area contributed by atoms with Crippen molar-refractivity contribution in [3.05, 3.63) is 95.1 Å². The highest BCUT2D eigenvalue weighted by molar-refractivity contribution is 5.81. The Morgan fingerprint density at radius 1 is 0.943 bits per heavy atom. The number of ether oxygens (including phenoxy) is 1. The molecule has 0 aromatic heterocycles. The van der Waals surface area contributed by atoms with Crippen LogP contribution < -0.4 is 5.32 Å². The summed E-state index contributed by atoms with van der Waals surface area (Å²) in [4.78, 5) is 37.2. The number of aliphatic carboxylic acids is 1. The van der Waals surface area contributed by atoms with Crippen LogP contribution in [0.1, 0.15) is 35.1 Å². The van der Waals surface area contributed by atoms with Crippen molar-refractivity contribution in [3.63, 3.8) is 0 Å². The van der Waals surface area contributed by atoms with Gasteiger partial charge in [0.05, 0.1) is 0 Å². The number of fused-ring (bicyclic) bond motifs is 3. The zero-order valence-corrected chi connectivity index (χ0v) is 19.7. The van der Waals surface area contributed by atoms with E-state index in [1.807, 2.05) is 48.5 Å². The van der Waals surface area contributed by atoms with E-state index in [0.717, 1.165) is 38.3 Å². The van der Waals surface area contributed by atoms with Gasteiger partial charge >= 0.3 is 12.1 Å². The van der Waals surface area contributed by atoms with Gasteiger partial charge in [0.2, 0.25) is 5.91 Å². The number of nitrogens with zero attached hydrogens (tertiary/aromatic N) is 1. The van der Waals surface area contributed by atoms with Gasteiger partial charge < -0.3 is 15.2 Å². The molecule has 3 aromatic rings. The fourth-order valence-electron chi connectivity index (χ4n) is 4.53. The Morgan fingerprint density at radius 2 is 1.54 bits per heavy atom. The lowest BCUT2D eigenvalue weighted by molar-refractivity contribution is -0.142. The lowest BCUT2D eigenvalue weighted by atomic mass is 9.98. The number of hydrogen-bond donors (Lipinski definition) is 2. The van der Waals surface area contributed by atoms with E-state index in [9.17, 15) is 19.5 Å². The molecule has 0 heterocycles. The van der Waals surface area contributed by atoms with Crippen molar-refractivity contribution in [1.29, 1.82) is 0 Å². The van der Waals surface area contributed by atoms with Crippen LogP contribution in [-0.4, -0.2) is 47.7 Å². The predicted molar refractivity (Wildman–Crippen MR) is 132 cm³/mol. The zero-order chi connectivity index (χ0) is 24.9. The minimum atomic E-state index is -1.12. The summed E-state index contributed by atoms with van der Waals surface area (Å²) in [6.45, 7) is 1.91. The van der Waals surface area contributed by atoms with Crippen LogP contribution in [0.2, 0.25) is 0 Å². The zero-order valence-electron chi connectivity index (χ0n) is 19.7. The summed E-state index contributed by atoms with van der Waals surface area (Å²) in [6.07, 6.45) is -0.571. The van der Waals surface area contributed by atoms with Gasteiger partial charge in [-0.15, -0.1) is 0 Å². The third-order valence-corrected chi connectivity index (χ3v) is 6.34. The summed E-state index contributed by atoms with van der Waals surface area (Å²) >= 11 is 0. The van der Waals surface area contributed by atoms with Crippen molar-refractivity contribution < 1.29 is 24.2 Å². The molecule has 0 fully saturated rings. The van der Waals surface area contributed by atoms with Crippen LogP contribution in [0, 0.1) is 0 Å². The highest BCUT2D eigenvalue weighted by atomic mass is 16.6. The Balaban J connectivity index is 1.44. The van der Waals surface area contributed by atoms with E-state index in [4.69, 9.17) is 4.74 Å². The van der Waals surface area contributed by atoms with Crippen molar-refractivity contribution in [2.24, 2.45) is 0 Å². The molecule has 4 rings (SSSR count). The van der Waals surface area contributed by atoms with Gasteiger partial charge in [0.15, 0.2) is 0 Å². The van der Waals surface area contributed by atoms with Crippen molar-refractivity contribution >= 4 is 18.0 Å². The van der Waals surface area contributed by atoms with Gasteiger partial charge in [-0.25, -0.2) is 9.59 Å². The Hall–Kier alpha value is -4.13. The number of carboxylic acid groups (broad SMARTS) is 1. The number of carboxylic acids is 1. The Bertz CT molecular complexity index is 1210. The molecule has 2 amide bonds. The molecule has 7 nitrogen and oxygen atoms in total. The maximum Gasteiger partial charge on any atom is 0.410 e. The predicted octanol–water partition coefficient (Wildman–Crippen LogP) is 4.20. The quantitative estimate of drug-likeness (QED) is 0.512. The topological polar surface area (TPSA) is 95.9 Å². The van der Waals surface area contributed by atoms with E-state index < -0.39 is 18.1 Å². The van der Waals surface area contributed by atoms with Gasteiger partial charge in [-0.1, -0.05) is 72.8 Å². The Labute approximate surface area is 204 Å². The van der Waals surface area contributed by atoms with Crippen LogP contribution in [0.3, 0.4) is 0 Å². The van der Waals surface area contributed by atoms with E-state index in [0.29, 0.717) is 6.54 Å². The number of carbonyl (C=O) groups is 3. The van der Waals surface area contributed by atoms with Crippen molar-refractivity contribution in [2.45, 2.75) is 31.8 Å². The number of rotatable bonds is 8. The minimum Gasteiger partial charge on any atom is -0.480 e. The van der Waals surface area contributed by atoms with Crippen LogP contribution in [0.5, 0.6) is 0 Å². The Kier molecular flexibility index (Phi) is 7.15. The van der Waals surface area contributed by atoms with Gasteiger partial charge in [0.1, 0.15) is 12.6 Å². The summed E-state index contributed by atoms with van der Waals surface area (Å²) in [5.41, 5.74) is 6.04. The van der Waals surface area contributed by atoms with E-state index >= 15 is 0 Å². The lowest BCUT2D eigenvalue weighted by Gasteiger charge is -2.25. The molecule has 35 heavy (non-hydrogen) atoms. The first kappa shape index (κ1) is 24.0. The maximum atomic E-state index is 12.9. The number of amides is 2. The SMILES string of the molecule is CC(=O)NCc1cccc(CC(C(=O)O)N(C)C(=O)OCC2c3ccccc3-c3ccccc32)c1. The largest absolute Gasteiger partial charge is 0.480 e. The molecule has 3 aromatic carbocycles. The number of likely N-dealkylation sites (N-methyl/N-ethyl adjacent to an activating group) is 1. The fourth-order valence-corrected chi connectivity index (χ4v) is 4.53. The minimum absolute atomic E-state index is 0.103. The molecule has 7 heteroatoms. The molecule has 0 aliphatic heterocycles. The van der Waals surface area contributed by atoms with Gasteiger partial charge in [-0.3, -0.25) is 9.69 Å². The molecule has 0 saturated carbocycles. The van der Waals surface area contributed by atoms with Gasteiger partial charge in [-0.05, 0) is 33.4 Å². The monoisotopic (exact) mass is 472 g/mol. The average Bonchev–Trinajstić information content (AvgIpc) is 3.18. The molecule has 0 bridgehead atoms. The molecule has 0 saturated heterocycles. The molecule has 1 atom stereocenters. The molecular weight excluding hydrogens is 444 g/mol. The first-order valence-electron chi connectivity index (χ1n) is 11.5.